The van der Waals surface area contributed by atoms with Crippen LogP contribution >= 0.6 is 11.6 Å². The molecular weight excluding hydrogens is 490 g/mol. The van der Waals surface area contributed by atoms with E-state index < -0.39 is 29.5 Å². The lowest BCUT2D eigenvalue weighted by Gasteiger charge is -2.33. The number of ether oxygens (including phenoxy) is 4. The van der Waals surface area contributed by atoms with Gasteiger partial charge in [-0.25, -0.2) is 0 Å². The van der Waals surface area contributed by atoms with Crippen molar-refractivity contribution in [2.45, 2.75) is 32.5 Å². The molecule has 0 unspecified atom stereocenters. The zero-order valence-electron chi connectivity index (χ0n) is 20.8. The normalized spacial score (nSPS) is 17.9. The van der Waals surface area contributed by atoms with Crippen molar-refractivity contribution in [3.63, 3.8) is 0 Å². The number of methoxy groups -OCH3 is 2. The van der Waals surface area contributed by atoms with Gasteiger partial charge in [0.25, 0.3) is 5.91 Å². The lowest BCUT2D eigenvalue weighted by Crippen LogP contribution is -2.48. The number of esters is 1. The topological polar surface area (TPSA) is 115 Å². The Kier molecular flexibility index (Phi) is 9.19. The Hall–Kier alpha value is -2.85. The number of para-hydroxylation sites is 1. The second kappa shape index (κ2) is 11.9. The van der Waals surface area contributed by atoms with Crippen molar-refractivity contribution in [2.75, 3.05) is 45.5 Å². The van der Waals surface area contributed by atoms with Gasteiger partial charge in [-0.05, 0) is 31.2 Å². The predicted molar refractivity (Wildman–Crippen MR) is 134 cm³/mol. The number of nitrogens with zero attached hydrogens (tertiary/aromatic N) is 1. The molecule has 0 fully saturated rings. The number of fused-ring (bicyclic) bond motifs is 1. The highest BCUT2D eigenvalue weighted by atomic mass is 35.5. The first-order valence-electron chi connectivity index (χ1n) is 11.6. The summed E-state index contributed by atoms with van der Waals surface area (Å²) in [6.45, 7) is 2.72. The maximum Gasteiger partial charge on any atom is 0.308 e. The van der Waals surface area contributed by atoms with Crippen molar-refractivity contribution in [2.24, 2.45) is 5.41 Å². The predicted octanol–water partition coefficient (Wildman–Crippen LogP) is 3.12. The van der Waals surface area contributed by atoms with Gasteiger partial charge in [0.15, 0.2) is 11.5 Å². The Morgan fingerprint density at radius 1 is 1.14 bits per heavy atom. The number of anilines is 1. The second-order valence-corrected chi connectivity index (χ2v) is 9.29. The highest BCUT2D eigenvalue weighted by molar-refractivity contribution is 6.30. The summed E-state index contributed by atoms with van der Waals surface area (Å²) in [7, 11) is 3.01. The molecule has 2 aromatic rings. The highest BCUT2D eigenvalue weighted by Gasteiger charge is 2.41. The molecule has 2 atom stereocenters. The summed E-state index contributed by atoms with van der Waals surface area (Å²) in [5.41, 5.74) is 0.566. The number of carbonyl (C=O) groups excluding carboxylic acids is 2. The molecule has 1 aliphatic rings. The molecule has 9 nitrogen and oxygen atoms in total. The zero-order chi connectivity index (χ0) is 26.5. The van der Waals surface area contributed by atoms with Crippen molar-refractivity contribution in [1.29, 1.82) is 0 Å². The monoisotopic (exact) mass is 521 g/mol. The summed E-state index contributed by atoms with van der Waals surface area (Å²) < 4.78 is 22.5. The fourth-order valence-electron chi connectivity index (χ4n) is 4.13. The third-order valence-electron chi connectivity index (χ3n) is 6.08. The Labute approximate surface area is 215 Å². The van der Waals surface area contributed by atoms with Crippen LogP contribution in [0.4, 0.5) is 5.69 Å². The number of carbonyl (C=O) groups is 2. The molecule has 0 saturated carbocycles. The number of halogens is 1. The molecule has 0 bridgehead atoms. The number of aliphatic hydroxyl groups excluding tert-OH is 2. The summed E-state index contributed by atoms with van der Waals surface area (Å²) in [6, 6.07) is 10.3. The fraction of sp³-hybridized carbons (Fsp3) is 0.462. The Morgan fingerprint density at radius 3 is 2.47 bits per heavy atom. The molecule has 1 aliphatic heterocycles. The molecule has 0 radical (unpaired) electrons. The first kappa shape index (κ1) is 27.7. The van der Waals surface area contributed by atoms with Gasteiger partial charge in [0.1, 0.15) is 12.2 Å². The molecule has 1 heterocycles. The highest BCUT2D eigenvalue weighted by Crippen LogP contribution is 2.45. The maximum absolute atomic E-state index is 13.8. The van der Waals surface area contributed by atoms with E-state index in [1.165, 1.54) is 19.1 Å². The van der Waals surface area contributed by atoms with Crippen LogP contribution in [0.15, 0.2) is 36.4 Å². The largest absolute Gasteiger partial charge is 0.493 e. The minimum Gasteiger partial charge on any atom is -0.493 e. The molecule has 10 heteroatoms. The van der Waals surface area contributed by atoms with E-state index in [0.29, 0.717) is 33.3 Å². The van der Waals surface area contributed by atoms with E-state index in [1.54, 1.807) is 50.2 Å². The smallest absolute Gasteiger partial charge is 0.308 e. The molecule has 0 aromatic heterocycles. The van der Waals surface area contributed by atoms with Gasteiger partial charge in [-0.15, -0.1) is 0 Å². The molecule has 0 spiro atoms. The van der Waals surface area contributed by atoms with Crippen LogP contribution in [0.1, 0.15) is 37.5 Å². The maximum atomic E-state index is 13.8. The molecule has 0 saturated heterocycles. The third-order valence-corrected chi connectivity index (χ3v) is 6.32. The minimum atomic E-state index is -1.22. The average molecular weight is 522 g/mol. The SMILES string of the molecule is CCOC(=O)C[C@H]1O[C@H](c2cccc(OC)c2OC)c2cc(Cl)ccc2N(CC(C)(CO)CO)C1=O. The van der Waals surface area contributed by atoms with Gasteiger partial charge in [-0.2, -0.15) is 0 Å². The summed E-state index contributed by atoms with van der Waals surface area (Å²) in [6.07, 6.45) is -2.42. The third kappa shape index (κ3) is 5.75. The Bertz CT molecular complexity index is 1090. The van der Waals surface area contributed by atoms with Crippen LogP contribution in [0.2, 0.25) is 5.02 Å². The number of rotatable bonds is 10. The molecule has 36 heavy (non-hydrogen) atoms. The van der Waals surface area contributed by atoms with Gasteiger partial charge in [-0.3, -0.25) is 9.59 Å². The van der Waals surface area contributed by atoms with E-state index in [2.05, 4.69) is 0 Å². The molecule has 0 aliphatic carbocycles. The first-order chi connectivity index (χ1) is 17.2. The molecule has 196 valence electrons. The second-order valence-electron chi connectivity index (χ2n) is 8.85. The van der Waals surface area contributed by atoms with Crippen molar-refractivity contribution in [3.05, 3.63) is 52.5 Å². The Balaban J connectivity index is 2.24. The van der Waals surface area contributed by atoms with Gasteiger partial charge in [0, 0.05) is 33.8 Å². The van der Waals surface area contributed by atoms with Crippen LogP contribution in [0.25, 0.3) is 0 Å². The molecular formula is C26H32ClNO8. The van der Waals surface area contributed by atoms with Gasteiger partial charge in [-0.1, -0.05) is 30.7 Å². The summed E-state index contributed by atoms with van der Waals surface area (Å²) in [4.78, 5) is 27.7. The fourth-order valence-corrected chi connectivity index (χ4v) is 4.31. The van der Waals surface area contributed by atoms with Gasteiger partial charge >= 0.3 is 5.97 Å². The van der Waals surface area contributed by atoms with Crippen molar-refractivity contribution >= 4 is 29.2 Å². The average Bonchev–Trinajstić information content (AvgIpc) is 2.98. The van der Waals surface area contributed by atoms with E-state index in [1.807, 2.05) is 0 Å². The van der Waals surface area contributed by atoms with E-state index in [4.69, 9.17) is 30.5 Å². The number of amides is 1. The van der Waals surface area contributed by atoms with Gasteiger partial charge in [0.2, 0.25) is 0 Å². The van der Waals surface area contributed by atoms with Crippen LogP contribution in [0.5, 0.6) is 11.5 Å². The van der Waals surface area contributed by atoms with E-state index in [-0.39, 0.29) is 32.8 Å². The number of hydrogen-bond donors (Lipinski definition) is 2. The molecule has 2 N–H and O–H groups in total. The zero-order valence-corrected chi connectivity index (χ0v) is 21.6. The van der Waals surface area contributed by atoms with E-state index in [9.17, 15) is 19.8 Å². The molecule has 2 aromatic carbocycles. The minimum absolute atomic E-state index is 0.0296. The van der Waals surface area contributed by atoms with Crippen LogP contribution in [-0.2, 0) is 19.1 Å². The van der Waals surface area contributed by atoms with Crippen molar-refractivity contribution < 1.29 is 38.7 Å². The van der Waals surface area contributed by atoms with Crippen LogP contribution in [0, 0.1) is 5.41 Å². The van der Waals surface area contributed by atoms with E-state index in [0.717, 1.165) is 0 Å². The standard InChI is InChI=1S/C26H32ClNO8/c1-5-35-22(31)12-21-25(32)28(13-26(2,14-29)15-30)19-10-9-16(27)11-18(19)23(36-21)17-7-6-8-20(33-3)24(17)34-4/h6-11,21,23,29-30H,5,12-15H2,1-4H3/t21-,23-/m1/s1. The number of hydrogen-bond acceptors (Lipinski definition) is 8. The number of aliphatic hydroxyl groups is 2. The summed E-state index contributed by atoms with van der Waals surface area (Å²) >= 11 is 6.38. The first-order valence-corrected chi connectivity index (χ1v) is 11.9. The Morgan fingerprint density at radius 2 is 1.86 bits per heavy atom. The number of benzene rings is 2. The van der Waals surface area contributed by atoms with Crippen LogP contribution < -0.4 is 14.4 Å². The van der Waals surface area contributed by atoms with Gasteiger partial charge < -0.3 is 34.1 Å². The van der Waals surface area contributed by atoms with Crippen LogP contribution in [0.3, 0.4) is 0 Å². The van der Waals surface area contributed by atoms with Gasteiger partial charge in [0.05, 0.1) is 40.5 Å². The quantitative estimate of drug-likeness (QED) is 0.458. The lowest BCUT2D eigenvalue weighted by atomic mass is 9.91. The lowest BCUT2D eigenvalue weighted by molar-refractivity contribution is -0.151. The molecule has 3 rings (SSSR count). The summed E-state index contributed by atoms with van der Waals surface area (Å²) in [5.74, 6) is -0.237. The van der Waals surface area contributed by atoms with Crippen molar-refractivity contribution in [1.82, 2.24) is 0 Å². The van der Waals surface area contributed by atoms with Crippen LogP contribution in [-0.4, -0.2) is 68.8 Å². The summed E-state index contributed by atoms with van der Waals surface area (Å²) in [5, 5.41) is 20.3. The molecule has 1 amide bonds. The van der Waals surface area contributed by atoms with Crippen molar-refractivity contribution in [3.8, 4) is 11.5 Å². The van der Waals surface area contributed by atoms with E-state index >= 15 is 0 Å².